The van der Waals surface area contributed by atoms with Crippen LogP contribution in [0.1, 0.15) is 25.0 Å². The molecule has 27 heavy (non-hydrogen) atoms. The highest BCUT2D eigenvalue weighted by Crippen LogP contribution is 2.65. The van der Waals surface area contributed by atoms with Gasteiger partial charge in [-0.3, -0.25) is 0 Å². The lowest BCUT2D eigenvalue weighted by molar-refractivity contribution is 0.597. The topological polar surface area (TPSA) is 37.1 Å². The number of halogens is 2. The number of benzene rings is 2. The predicted octanol–water partition coefficient (Wildman–Crippen LogP) is 5.25. The normalized spacial score (nSPS) is 14.7. The van der Waals surface area contributed by atoms with Crippen LogP contribution in [0.5, 0.6) is 0 Å². The molecule has 7 heteroatoms. The van der Waals surface area contributed by atoms with E-state index < -0.39 is 33.6 Å². The van der Waals surface area contributed by atoms with Crippen LogP contribution < -0.4 is 4.67 Å². The number of allylic oxidation sites excluding steroid dienone is 1. The first-order valence-electron chi connectivity index (χ1n) is 8.22. The smallest absolute Gasteiger partial charge is 0.188 e. The summed E-state index contributed by atoms with van der Waals surface area (Å²) in [5.74, 6) is 1.21. The molecule has 140 valence electrons. The van der Waals surface area contributed by atoms with Gasteiger partial charge in [0.15, 0.2) is 9.46 Å². The lowest BCUT2D eigenvalue weighted by Gasteiger charge is -2.17. The molecule has 0 aromatic heterocycles. The third kappa shape index (κ3) is 3.50. The number of nitrogens with zero attached hydrogens (tertiary/aromatic N) is 1. The summed E-state index contributed by atoms with van der Waals surface area (Å²) < 4.78 is 54.5. The van der Waals surface area contributed by atoms with Crippen LogP contribution >= 0.6 is 7.27 Å². The fraction of sp³-hybridized carbons (Fsp3) is 0.200. The number of anilines is 2. The molecule has 3 nitrogen and oxygen atoms in total. The molecule has 2 aromatic carbocycles. The second-order valence-corrected chi connectivity index (χ2v) is 12.8. The largest absolute Gasteiger partial charge is 0.303 e. The van der Waals surface area contributed by atoms with Crippen LogP contribution in [-0.4, -0.2) is 20.3 Å². The first-order valence-corrected chi connectivity index (χ1v) is 12.1. The molecule has 1 heterocycles. The zero-order valence-electron chi connectivity index (χ0n) is 15.1. The second kappa shape index (κ2) is 7.07. The van der Waals surface area contributed by atoms with Gasteiger partial charge in [-0.15, -0.1) is 6.42 Å². The number of terminal acetylenes is 1. The highest BCUT2D eigenvalue weighted by atomic mass is 32.8. The lowest BCUT2D eigenvalue weighted by atomic mass is 9.97. The molecule has 1 unspecified atom stereocenters. The molecule has 0 aliphatic carbocycles. The highest BCUT2D eigenvalue weighted by molar-refractivity contribution is 8.50. The molecular weight excluding hydrogens is 387 g/mol. The van der Waals surface area contributed by atoms with Crippen LogP contribution in [0.25, 0.3) is 5.57 Å². The minimum Gasteiger partial charge on any atom is -0.303 e. The number of rotatable bonds is 5. The van der Waals surface area contributed by atoms with Crippen LogP contribution in [0.4, 0.5) is 20.2 Å². The van der Waals surface area contributed by atoms with Gasteiger partial charge < -0.3 is 4.67 Å². The molecule has 0 saturated heterocycles. The van der Waals surface area contributed by atoms with E-state index in [2.05, 4.69) is 5.92 Å². The molecule has 0 spiro atoms. The summed E-state index contributed by atoms with van der Waals surface area (Å²) >= 11 is 0. The summed E-state index contributed by atoms with van der Waals surface area (Å²) in [5, 5.41) is -0.469. The number of fused-ring (bicyclic) bond motifs is 1. The van der Waals surface area contributed by atoms with Gasteiger partial charge in [0, 0.05) is 11.1 Å². The van der Waals surface area contributed by atoms with Crippen molar-refractivity contribution in [1.29, 1.82) is 0 Å². The Balaban J connectivity index is 2.00. The molecule has 0 radical (unpaired) electrons. The van der Waals surface area contributed by atoms with Gasteiger partial charge in [0.1, 0.15) is 18.9 Å². The van der Waals surface area contributed by atoms with Gasteiger partial charge in [-0.05, 0) is 62.5 Å². The monoisotopic (exact) mass is 405 g/mol. The molecule has 0 fully saturated rings. The Morgan fingerprint density at radius 1 is 1.19 bits per heavy atom. The Labute approximate surface area is 159 Å². The van der Waals surface area contributed by atoms with Gasteiger partial charge >= 0.3 is 0 Å². The zero-order valence-corrected chi connectivity index (χ0v) is 16.8. The number of hydrogen-bond donors (Lipinski definition) is 0. The second-order valence-electron chi connectivity index (χ2n) is 6.39. The fourth-order valence-corrected chi connectivity index (χ4v) is 7.60. The molecule has 0 bridgehead atoms. The Morgan fingerprint density at radius 3 is 2.52 bits per heavy atom. The van der Waals surface area contributed by atoms with Crippen molar-refractivity contribution in [3.05, 3.63) is 65.2 Å². The molecule has 2 aromatic rings. The first-order chi connectivity index (χ1) is 12.7. The van der Waals surface area contributed by atoms with Crippen LogP contribution in [0.2, 0.25) is 0 Å². The zero-order chi connectivity index (χ0) is 19.9. The van der Waals surface area contributed by atoms with Crippen LogP contribution in [-0.2, 0) is 9.46 Å². The Hall–Kier alpha value is -2.22. The van der Waals surface area contributed by atoms with Crippen molar-refractivity contribution >= 4 is 33.7 Å². The van der Waals surface area contributed by atoms with E-state index in [1.165, 1.54) is 6.08 Å². The van der Waals surface area contributed by atoms with Crippen molar-refractivity contribution in [2.45, 2.75) is 19.1 Å². The van der Waals surface area contributed by atoms with E-state index in [4.69, 9.17) is 6.42 Å². The Morgan fingerprint density at radius 2 is 1.89 bits per heavy atom. The summed E-state index contributed by atoms with van der Waals surface area (Å²) in [4.78, 5) is 0. The van der Waals surface area contributed by atoms with Gasteiger partial charge in [0.2, 0.25) is 0 Å². The maximum Gasteiger partial charge on any atom is 0.188 e. The summed E-state index contributed by atoms with van der Waals surface area (Å²) in [5.41, 5.74) is 2.63. The number of hydrogen-bond acceptors (Lipinski definition) is 3. The fourth-order valence-electron chi connectivity index (χ4n) is 2.83. The minimum atomic E-state index is -3.25. The SMILES string of the molecule is C#C/C=C(/c1ccc2c(c1)N2P(C)S(=O)(=O)C(C)C)c1cc(F)ccc1F. The Kier molecular flexibility index (Phi) is 5.12. The molecule has 0 amide bonds. The summed E-state index contributed by atoms with van der Waals surface area (Å²) in [6, 6.07) is 8.46. The molecule has 0 saturated carbocycles. The van der Waals surface area contributed by atoms with E-state index in [0.29, 0.717) is 11.1 Å². The van der Waals surface area contributed by atoms with Crippen molar-refractivity contribution in [3.8, 4) is 12.3 Å². The average Bonchev–Trinajstić information content (AvgIpc) is 3.34. The van der Waals surface area contributed by atoms with Gasteiger partial charge in [-0.2, -0.15) is 0 Å². The average molecular weight is 405 g/mol. The highest BCUT2D eigenvalue weighted by Gasteiger charge is 2.41. The van der Waals surface area contributed by atoms with E-state index >= 15 is 0 Å². The van der Waals surface area contributed by atoms with E-state index in [1.54, 1.807) is 43.4 Å². The molecule has 0 N–H and O–H groups in total. The van der Waals surface area contributed by atoms with Crippen LogP contribution in [0.15, 0.2) is 42.5 Å². The lowest BCUT2D eigenvalue weighted by Crippen LogP contribution is -2.14. The molecular formula is C20H18F2NO2PS. The van der Waals surface area contributed by atoms with Gasteiger partial charge in [-0.25, -0.2) is 17.2 Å². The van der Waals surface area contributed by atoms with Crippen LogP contribution in [0, 0.1) is 24.0 Å². The molecule has 1 aliphatic rings. The van der Waals surface area contributed by atoms with Crippen LogP contribution in [0.3, 0.4) is 0 Å². The molecule has 3 rings (SSSR count). The van der Waals surface area contributed by atoms with Gasteiger partial charge in [0.05, 0.1) is 16.6 Å². The maximum atomic E-state index is 14.2. The van der Waals surface area contributed by atoms with Crippen molar-refractivity contribution < 1.29 is 17.2 Å². The van der Waals surface area contributed by atoms with E-state index in [9.17, 15) is 17.2 Å². The minimum absolute atomic E-state index is 0.0636. The quantitative estimate of drug-likeness (QED) is 0.388. The van der Waals surface area contributed by atoms with Gasteiger partial charge in [-0.1, -0.05) is 12.0 Å². The van der Waals surface area contributed by atoms with Crippen molar-refractivity contribution in [1.82, 2.24) is 0 Å². The summed E-state index contributed by atoms with van der Waals surface area (Å²) in [6.07, 6.45) is 6.76. The summed E-state index contributed by atoms with van der Waals surface area (Å²) in [6.45, 7) is 5.03. The van der Waals surface area contributed by atoms with E-state index in [0.717, 1.165) is 29.6 Å². The standard InChI is InChI=1S/C20H18F2NO2PS/c1-5-6-16(17-12-15(21)8-9-18(17)22)14-7-10-19-20(11-14)23(19)26(4)27(24,25)13(2)3/h1,6-13H,2-4H3/b16-6-. The van der Waals surface area contributed by atoms with Gasteiger partial charge in [0.25, 0.3) is 0 Å². The van der Waals surface area contributed by atoms with E-state index in [-0.39, 0.29) is 5.56 Å². The molecule has 1 atom stereocenters. The first kappa shape index (κ1) is 19.5. The van der Waals surface area contributed by atoms with Crippen molar-refractivity contribution in [3.63, 3.8) is 0 Å². The summed E-state index contributed by atoms with van der Waals surface area (Å²) in [7, 11) is -4.69. The van der Waals surface area contributed by atoms with E-state index in [1.807, 2.05) is 0 Å². The van der Waals surface area contributed by atoms with Crippen molar-refractivity contribution in [2.75, 3.05) is 11.3 Å². The maximum absolute atomic E-state index is 14.2. The third-order valence-corrected chi connectivity index (χ3v) is 11.3. The predicted molar refractivity (Wildman–Crippen MR) is 108 cm³/mol. The third-order valence-electron chi connectivity index (χ3n) is 4.38. The Bertz CT molecular complexity index is 1090. The van der Waals surface area contributed by atoms with Crippen molar-refractivity contribution in [2.24, 2.45) is 0 Å². The molecule has 1 aliphatic heterocycles.